The maximum absolute atomic E-state index is 13.7. The lowest BCUT2D eigenvalue weighted by Crippen LogP contribution is -2.39. The Kier molecular flexibility index (Phi) is 5.92. The number of ether oxygens (including phenoxy) is 1. The minimum atomic E-state index is -2.51. The van der Waals surface area contributed by atoms with Gasteiger partial charge in [-0.1, -0.05) is 32.9 Å². The fourth-order valence-corrected chi connectivity index (χ4v) is 5.67. The highest BCUT2D eigenvalue weighted by molar-refractivity contribution is 8.11. The number of nitrogens with zero attached hydrogens (tertiary/aromatic N) is 2. The van der Waals surface area contributed by atoms with Crippen LogP contribution in [0.1, 0.15) is 52.7 Å². The van der Waals surface area contributed by atoms with E-state index in [-0.39, 0.29) is 12.0 Å². The van der Waals surface area contributed by atoms with Gasteiger partial charge in [0.05, 0.1) is 16.1 Å². The number of hydrogen-bond acceptors (Lipinski definition) is 4. The molecule has 0 saturated heterocycles. The summed E-state index contributed by atoms with van der Waals surface area (Å²) < 4.78 is 21.0. The van der Waals surface area contributed by atoms with Gasteiger partial charge in [0.2, 0.25) is 5.91 Å². The summed E-state index contributed by atoms with van der Waals surface area (Å²) in [4.78, 5) is 27.3. The lowest BCUT2D eigenvalue weighted by molar-refractivity contribution is -0.123. The Morgan fingerprint density at radius 2 is 1.74 bits per heavy atom. The number of rotatable bonds is 3. The highest BCUT2D eigenvalue weighted by Crippen LogP contribution is 2.35. The first-order valence-corrected chi connectivity index (χ1v) is 13.0. The van der Waals surface area contributed by atoms with E-state index in [9.17, 15) is 13.8 Å². The molecule has 0 aromatic heterocycles. The zero-order valence-electron chi connectivity index (χ0n) is 20.7. The van der Waals surface area contributed by atoms with Crippen LogP contribution in [-0.4, -0.2) is 38.7 Å². The number of benzene rings is 2. The molecular formula is C26H33N3O4S. The van der Waals surface area contributed by atoms with E-state index in [0.29, 0.717) is 23.7 Å². The van der Waals surface area contributed by atoms with E-state index in [4.69, 9.17) is 4.74 Å². The van der Waals surface area contributed by atoms with Crippen molar-refractivity contribution >= 4 is 38.6 Å². The lowest BCUT2D eigenvalue weighted by atomic mass is 9.95. The molecule has 2 aromatic rings. The molecule has 0 bridgehead atoms. The summed E-state index contributed by atoms with van der Waals surface area (Å²) in [6.07, 6.45) is 0.403. The van der Waals surface area contributed by atoms with Crippen molar-refractivity contribution in [2.24, 2.45) is 5.41 Å². The molecule has 182 valence electrons. The van der Waals surface area contributed by atoms with E-state index in [1.54, 1.807) is 14.7 Å². The molecular weight excluding hydrogens is 450 g/mol. The Bertz CT molecular complexity index is 1260. The van der Waals surface area contributed by atoms with Gasteiger partial charge in [0.1, 0.15) is 15.3 Å². The molecule has 2 amide bonds. The van der Waals surface area contributed by atoms with Crippen molar-refractivity contribution < 1.29 is 18.5 Å². The molecule has 0 radical (unpaired) electrons. The Hall–Kier alpha value is -3.00. The van der Waals surface area contributed by atoms with E-state index in [1.165, 1.54) is 0 Å². The molecule has 1 atom stereocenters. The van der Waals surface area contributed by atoms with Crippen LogP contribution in [0.2, 0.25) is 0 Å². The zero-order valence-corrected chi connectivity index (χ0v) is 21.5. The van der Waals surface area contributed by atoms with E-state index in [2.05, 4.69) is 5.32 Å². The maximum Gasteiger partial charge on any atom is 0.410 e. The average molecular weight is 484 g/mol. The Labute approximate surface area is 202 Å². The van der Waals surface area contributed by atoms with Gasteiger partial charge in [-0.3, -0.25) is 9.10 Å². The Morgan fingerprint density at radius 3 is 2.41 bits per heavy atom. The second-order valence-electron chi connectivity index (χ2n) is 10.8. The summed E-state index contributed by atoms with van der Waals surface area (Å²) in [5.74, 6) is -0.0793. The number of nitrogens with one attached hydrogen (secondary N) is 1. The molecule has 7 nitrogen and oxygen atoms in total. The van der Waals surface area contributed by atoms with E-state index >= 15 is 0 Å². The second kappa shape index (κ2) is 8.34. The molecule has 0 fully saturated rings. The molecule has 2 aliphatic rings. The summed E-state index contributed by atoms with van der Waals surface area (Å²) >= 11 is 0. The van der Waals surface area contributed by atoms with Crippen LogP contribution in [0.4, 0.5) is 16.2 Å². The molecule has 4 rings (SSSR count). The monoisotopic (exact) mass is 483 g/mol. The molecule has 34 heavy (non-hydrogen) atoms. The topological polar surface area (TPSA) is 78.7 Å². The van der Waals surface area contributed by atoms with Crippen LogP contribution in [0, 0.1) is 5.41 Å². The number of hydrogen-bond donors (Lipinski definition) is 1. The van der Waals surface area contributed by atoms with Gasteiger partial charge in [-0.05, 0) is 68.7 Å². The third-order valence-corrected chi connectivity index (χ3v) is 7.81. The van der Waals surface area contributed by atoms with Crippen LogP contribution in [0.3, 0.4) is 0 Å². The van der Waals surface area contributed by atoms with Crippen molar-refractivity contribution in [1.82, 2.24) is 4.90 Å². The smallest absolute Gasteiger partial charge is 0.410 e. The summed E-state index contributed by atoms with van der Waals surface area (Å²) in [7, 11) is -2.51. The van der Waals surface area contributed by atoms with Gasteiger partial charge in [-0.15, -0.1) is 0 Å². The third-order valence-electron chi connectivity index (χ3n) is 5.70. The molecule has 2 aliphatic heterocycles. The van der Waals surface area contributed by atoms with Crippen molar-refractivity contribution in [3.8, 4) is 0 Å². The Balaban J connectivity index is 1.51. The minimum absolute atomic E-state index is 0.0793. The average Bonchev–Trinajstić information content (AvgIpc) is 3.44. The zero-order chi connectivity index (χ0) is 24.9. The SMILES string of the molecule is CC(C)(C)OC(=O)N1CCc2ccc(S3(=O)=CN3c3cccc(NC(=O)C(C)(C)C)c3)cc2C1. The normalized spacial score (nSPS) is 19.7. The van der Waals surface area contributed by atoms with Crippen molar-refractivity contribution in [1.29, 1.82) is 0 Å². The summed E-state index contributed by atoms with van der Waals surface area (Å²) in [6.45, 7) is 12.2. The molecule has 1 N–H and O–H groups in total. The second-order valence-corrected chi connectivity index (χ2v) is 13.0. The first-order valence-electron chi connectivity index (χ1n) is 11.5. The van der Waals surface area contributed by atoms with Crippen LogP contribution >= 0.6 is 0 Å². The highest BCUT2D eigenvalue weighted by Gasteiger charge is 2.35. The third kappa shape index (κ3) is 5.06. The van der Waals surface area contributed by atoms with E-state index < -0.39 is 20.7 Å². The van der Waals surface area contributed by atoms with Gasteiger partial charge in [0, 0.05) is 24.2 Å². The Morgan fingerprint density at radius 1 is 1.00 bits per heavy atom. The first kappa shape index (κ1) is 24.1. The largest absolute Gasteiger partial charge is 0.444 e. The van der Waals surface area contributed by atoms with Crippen LogP contribution in [0.25, 0.3) is 0 Å². The molecule has 8 heteroatoms. The van der Waals surface area contributed by atoms with Crippen molar-refractivity contribution in [3.05, 3.63) is 53.6 Å². The summed E-state index contributed by atoms with van der Waals surface area (Å²) in [5.41, 5.74) is 4.23. The van der Waals surface area contributed by atoms with E-state index in [0.717, 1.165) is 23.2 Å². The molecule has 2 aromatic carbocycles. The van der Waals surface area contributed by atoms with Crippen LogP contribution in [0.5, 0.6) is 0 Å². The van der Waals surface area contributed by atoms with Gasteiger partial charge in [0.15, 0.2) is 0 Å². The predicted octanol–water partition coefficient (Wildman–Crippen LogP) is 4.80. The van der Waals surface area contributed by atoms with E-state index in [1.807, 2.05) is 84.0 Å². The number of carbonyl (C=O) groups is 2. The van der Waals surface area contributed by atoms with Crippen LogP contribution in [-0.2, 0) is 32.2 Å². The summed E-state index contributed by atoms with van der Waals surface area (Å²) in [6, 6.07) is 13.2. The molecule has 1 unspecified atom stereocenters. The number of anilines is 2. The fraction of sp³-hybridized carbons (Fsp3) is 0.423. The van der Waals surface area contributed by atoms with Crippen LogP contribution in [0.15, 0.2) is 47.4 Å². The maximum atomic E-state index is 13.7. The lowest BCUT2D eigenvalue weighted by Gasteiger charge is -2.31. The molecule has 0 aliphatic carbocycles. The van der Waals surface area contributed by atoms with Crippen molar-refractivity contribution in [2.75, 3.05) is 16.2 Å². The van der Waals surface area contributed by atoms with Gasteiger partial charge in [0.25, 0.3) is 0 Å². The van der Waals surface area contributed by atoms with Gasteiger partial charge in [-0.2, -0.15) is 0 Å². The predicted molar refractivity (Wildman–Crippen MR) is 136 cm³/mol. The highest BCUT2D eigenvalue weighted by atomic mass is 32.2. The standard InChI is InChI=1S/C26H33N3O4S/c1-25(2,3)23(30)27-20-8-7-9-21(15-20)29-17-34(29,32)22-11-10-18-12-13-28(16-19(18)14-22)24(31)33-26(4,5)6/h7-11,14-15,17H,12-13,16H2,1-6H3,(H,27,30). The molecule has 0 saturated carbocycles. The number of amides is 2. The minimum Gasteiger partial charge on any atom is -0.444 e. The molecule has 0 spiro atoms. The van der Waals surface area contributed by atoms with Gasteiger partial charge in [-0.25, -0.2) is 9.00 Å². The number of fused-ring (bicyclic) bond motifs is 1. The summed E-state index contributed by atoms with van der Waals surface area (Å²) in [5, 5.41) is 2.92. The van der Waals surface area contributed by atoms with Crippen molar-refractivity contribution in [2.45, 2.75) is 65.0 Å². The van der Waals surface area contributed by atoms with Gasteiger partial charge < -0.3 is 15.0 Å². The fourth-order valence-electron chi connectivity index (χ4n) is 3.74. The number of carbonyl (C=O) groups excluding carboxylic acids is 2. The first-order chi connectivity index (χ1) is 15.8. The van der Waals surface area contributed by atoms with Crippen molar-refractivity contribution in [3.63, 3.8) is 0 Å². The molecule has 2 heterocycles. The quantitative estimate of drug-likeness (QED) is 0.636. The van der Waals surface area contributed by atoms with Gasteiger partial charge >= 0.3 is 6.09 Å². The van der Waals surface area contributed by atoms with Crippen LogP contribution < -0.4 is 9.62 Å².